The second-order valence-electron chi connectivity index (χ2n) is 7.42. The van der Waals surface area contributed by atoms with E-state index >= 15 is 0 Å². The first-order valence-electron chi connectivity index (χ1n) is 8.97. The normalized spacial score (nSPS) is 14.3. The van der Waals surface area contributed by atoms with Crippen LogP contribution in [0.4, 0.5) is 10.5 Å². The van der Waals surface area contributed by atoms with Crippen molar-refractivity contribution in [3.63, 3.8) is 0 Å². The number of hydrogen-bond donors (Lipinski definition) is 1. The van der Waals surface area contributed by atoms with Gasteiger partial charge in [0, 0.05) is 18.4 Å². The third kappa shape index (κ3) is 4.70. The van der Waals surface area contributed by atoms with Crippen LogP contribution in [0.5, 0.6) is 0 Å². The molecule has 1 saturated heterocycles. The molecule has 146 valence electrons. The van der Waals surface area contributed by atoms with Crippen LogP contribution in [0.2, 0.25) is 0 Å². The van der Waals surface area contributed by atoms with E-state index in [2.05, 4.69) is 15.3 Å². The third-order valence-corrected chi connectivity index (χ3v) is 3.98. The van der Waals surface area contributed by atoms with Crippen molar-refractivity contribution in [2.75, 3.05) is 5.32 Å². The van der Waals surface area contributed by atoms with Crippen molar-refractivity contribution >= 4 is 23.6 Å². The van der Waals surface area contributed by atoms with Gasteiger partial charge in [0.2, 0.25) is 11.8 Å². The summed E-state index contributed by atoms with van der Waals surface area (Å²) in [5.74, 6) is -0.145. The number of aromatic nitrogens is 2. The molecule has 0 bridgehead atoms. The van der Waals surface area contributed by atoms with Gasteiger partial charge in [-0.3, -0.25) is 19.8 Å². The Bertz CT molecular complexity index is 890. The summed E-state index contributed by atoms with van der Waals surface area (Å²) in [6.07, 6.45) is 1.26. The Morgan fingerprint density at radius 3 is 2.39 bits per heavy atom. The third-order valence-electron chi connectivity index (χ3n) is 3.98. The number of amides is 3. The zero-order chi connectivity index (χ0) is 20.3. The van der Waals surface area contributed by atoms with E-state index in [0.29, 0.717) is 17.2 Å². The van der Waals surface area contributed by atoms with Crippen molar-refractivity contribution < 1.29 is 19.1 Å². The van der Waals surface area contributed by atoms with Crippen molar-refractivity contribution in [2.24, 2.45) is 0 Å². The highest BCUT2D eigenvalue weighted by atomic mass is 16.6. The molecule has 2 aromatic rings. The lowest BCUT2D eigenvalue weighted by atomic mass is 10.1. The van der Waals surface area contributed by atoms with Crippen LogP contribution >= 0.6 is 0 Å². The molecule has 0 saturated carbocycles. The van der Waals surface area contributed by atoms with Gasteiger partial charge in [-0.05, 0) is 20.8 Å². The molecule has 0 unspecified atom stereocenters. The van der Waals surface area contributed by atoms with Crippen molar-refractivity contribution in [3.05, 3.63) is 42.4 Å². The number of anilines is 1. The van der Waals surface area contributed by atoms with Crippen LogP contribution in [-0.2, 0) is 20.9 Å². The molecule has 3 rings (SSSR count). The van der Waals surface area contributed by atoms with Gasteiger partial charge in [-0.2, -0.15) is 0 Å². The molecule has 1 aromatic carbocycles. The summed E-state index contributed by atoms with van der Waals surface area (Å²) in [7, 11) is 0. The smallest absolute Gasteiger partial charge is 0.412 e. The number of likely N-dealkylation sites (tertiary alicyclic amines) is 1. The maximum Gasteiger partial charge on any atom is 0.412 e. The van der Waals surface area contributed by atoms with E-state index in [1.807, 2.05) is 30.3 Å². The fourth-order valence-corrected chi connectivity index (χ4v) is 2.76. The molecule has 8 heteroatoms. The van der Waals surface area contributed by atoms with Crippen molar-refractivity contribution in [3.8, 4) is 11.3 Å². The summed E-state index contributed by atoms with van der Waals surface area (Å²) in [6.45, 7) is 5.32. The maximum atomic E-state index is 12.2. The number of nitrogens with one attached hydrogen (secondary N) is 1. The maximum absolute atomic E-state index is 12.2. The molecule has 1 aromatic heterocycles. The van der Waals surface area contributed by atoms with Gasteiger partial charge < -0.3 is 4.74 Å². The van der Waals surface area contributed by atoms with Crippen LogP contribution in [0.1, 0.15) is 39.4 Å². The highest BCUT2D eigenvalue weighted by Crippen LogP contribution is 2.26. The zero-order valence-corrected chi connectivity index (χ0v) is 16.1. The molecule has 1 fully saturated rings. The molecular weight excluding hydrogens is 360 g/mol. The summed E-state index contributed by atoms with van der Waals surface area (Å²) >= 11 is 0. The second-order valence-corrected chi connectivity index (χ2v) is 7.42. The molecule has 2 heterocycles. The van der Waals surface area contributed by atoms with E-state index in [4.69, 9.17) is 4.74 Å². The summed E-state index contributed by atoms with van der Waals surface area (Å²) in [5.41, 5.74) is 0.976. The quantitative estimate of drug-likeness (QED) is 0.815. The van der Waals surface area contributed by atoms with Gasteiger partial charge in [-0.15, -0.1) is 0 Å². The Morgan fingerprint density at radius 2 is 1.79 bits per heavy atom. The van der Waals surface area contributed by atoms with Gasteiger partial charge in [-0.1, -0.05) is 30.3 Å². The lowest BCUT2D eigenvalue weighted by Crippen LogP contribution is -2.29. The van der Waals surface area contributed by atoms with Gasteiger partial charge in [0.05, 0.1) is 24.1 Å². The molecule has 0 atom stereocenters. The summed E-state index contributed by atoms with van der Waals surface area (Å²) < 4.78 is 5.30. The Labute approximate surface area is 162 Å². The molecule has 3 amide bonds. The van der Waals surface area contributed by atoms with Crippen LogP contribution < -0.4 is 5.32 Å². The molecule has 0 aliphatic carbocycles. The molecule has 1 N–H and O–H groups in total. The lowest BCUT2D eigenvalue weighted by Gasteiger charge is -2.20. The van der Waals surface area contributed by atoms with Gasteiger partial charge >= 0.3 is 6.09 Å². The molecule has 0 spiro atoms. The highest BCUT2D eigenvalue weighted by Gasteiger charge is 2.29. The Kier molecular flexibility index (Phi) is 5.39. The minimum absolute atomic E-state index is 0.00418. The number of imide groups is 1. The number of carbonyl (C=O) groups is 3. The predicted molar refractivity (Wildman–Crippen MR) is 102 cm³/mol. The molecule has 1 aliphatic heterocycles. The van der Waals surface area contributed by atoms with E-state index in [1.54, 1.807) is 20.8 Å². The molecule has 28 heavy (non-hydrogen) atoms. The summed E-state index contributed by atoms with van der Waals surface area (Å²) in [5, 5.41) is 2.67. The average molecular weight is 382 g/mol. The van der Waals surface area contributed by atoms with E-state index in [0.717, 1.165) is 10.5 Å². The monoisotopic (exact) mass is 382 g/mol. The SMILES string of the molecule is CC(C)(C)OC(=O)Nc1cnc(CN2C(=O)CCC2=O)nc1-c1ccccc1. The number of nitrogens with zero attached hydrogens (tertiary/aromatic N) is 3. The van der Waals surface area contributed by atoms with E-state index in [1.165, 1.54) is 6.20 Å². The van der Waals surface area contributed by atoms with Gasteiger partial charge in [-0.25, -0.2) is 14.8 Å². The lowest BCUT2D eigenvalue weighted by molar-refractivity contribution is -0.139. The van der Waals surface area contributed by atoms with E-state index in [9.17, 15) is 14.4 Å². The fourth-order valence-electron chi connectivity index (χ4n) is 2.76. The first-order chi connectivity index (χ1) is 13.2. The van der Waals surface area contributed by atoms with Crippen molar-refractivity contribution in [1.29, 1.82) is 0 Å². The van der Waals surface area contributed by atoms with Gasteiger partial charge in [0.1, 0.15) is 11.4 Å². The molecule has 0 radical (unpaired) electrons. The fraction of sp³-hybridized carbons (Fsp3) is 0.350. The van der Waals surface area contributed by atoms with E-state index < -0.39 is 11.7 Å². The first-order valence-corrected chi connectivity index (χ1v) is 8.97. The van der Waals surface area contributed by atoms with Crippen LogP contribution in [0.3, 0.4) is 0 Å². The molecule has 1 aliphatic rings. The zero-order valence-electron chi connectivity index (χ0n) is 16.1. The Hall–Kier alpha value is -3.29. The first kappa shape index (κ1) is 19.5. The van der Waals surface area contributed by atoms with Crippen molar-refractivity contribution in [2.45, 2.75) is 45.8 Å². The topological polar surface area (TPSA) is 101 Å². The summed E-state index contributed by atoms with van der Waals surface area (Å²) in [4.78, 5) is 45.8. The number of rotatable bonds is 4. The van der Waals surface area contributed by atoms with Crippen LogP contribution in [0.15, 0.2) is 36.5 Å². The predicted octanol–water partition coefficient (Wildman–Crippen LogP) is 3.14. The summed E-state index contributed by atoms with van der Waals surface area (Å²) in [6, 6.07) is 9.26. The van der Waals surface area contributed by atoms with Crippen LogP contribution in [0.25, 0.3) is 11.3 Å². The van der Waals surface area contributed by atoms with Gasteiger partial charge in [0.15, 0.2) is 0 Å². The standard InChI is InChI=1S/C20H22N4O4/c1-20(2,3)28-19(27)22-14-11-21-15(12-24-16(25)9-10-17(24)26)23-18(14)13-7-5-4-6-8-13/h4-8,11H,9-10,12H2,1-3H3,(H,22,27). The Morgan fingerprint density at radius 1 is 1.14 bits per heavy atom. The number of ether oxygens (including phenoxy) is 1. The second kappa shape index (κ2) is 7.75. The Balaban J connectivity index is 1.91. The number of carbonyl (C=O) groups excluding carboxylic acids is 3. The highest BCUT2D eigenvalue weighted by molar-refractivity contribution is 6.01. The molecular formula is C20H22N4O4. The molecule has 8 nitrogen and oxygen atoms in total. The van der Waals surface area contributed by atoms with Crippen molar-refractivity contribution in [1.82, 2.24) is 14.9 Å². The number of hydrogen-bond acceptors (Lipinski definition) is 6. The van der Waals surface area contributed by atoms with Crippen LogP contribution in [-0.4, -0.2) is 38.4 Å². The number of benzene rings is 1. The van der Waals surface area contributed by atoms with E-state index in [-0.39, 0.29) is 31.2 Å². The van der Waals surface area contributed by atoms with Gasteiger partial charge in [0.25, 0.3) is 0 Å². The van der Waals surface area contributed by atoms with Crippen LogP contribution in [0, 0.1) is 0 Å². The minimum Gasteiger partial charge on any atom is -0.444 e. The largest absolute Gasteiger partial charge is 0.444 e. The minimum atomic E-state index is -0.645. The average Bonchev–Trinajstić information content (AvgIpc) is 2.94.